The molecule has 0 aromatic heterocycles. The van der Waals surface area contributed by atoms with E-state index in [1.807, 2.05) is 6.07 Å². The van der Waals surface area contributed by atoms with Crippen LogP contribution in [0.4, 0.5) is 0 Å². The highest BCUT2D eigenvalue weighted by atomic mass is 16.7. The molecule has 0 bridgehead atoms. The van der Waals surface area contributed by atoms with Crippen molar-refractivity contribution in [3.8, 4) is 11.5 Å². The van der Waals surface area contributed by atoms with Crippen LogP contribution in [0.2, 0.25) is 0 Å². The second kappa shape index (κ2) is 6.98. The monoisotopic (exact) mass is 275 g/mol. The van der Waals surface area contributed by atoms with Crippen LogP contribution in [0.25, 0.3) is 0 Å². The normalized spacial score (nSPS) is 18.4. The van der Waals surface area contributed by atoms with Crippen molar-refractivity contribution in [2.45, 2.75) is 44.9 Å². The Bertz CT molecular complexity index is 427. The van der Waals surface area contributed by atoms with Gasteiger partial charge in [0.05, 0.1) is 0 Å². The highest BCUT2D eigenvalue weighted by molar-refractivity contribution is 5.44. The molecular formula is C17H25NO2. The SMILES string of the molecule is c1cc2c(cc1CCCCCN1CCCCC1)OCO2. The minimum absolute atomic E-state index is 0.370. The van der Waals surface area contributed by atoms with Crippen LogP contribution in [0.15, 0.2) is 18.2 Å². The lowest BCUT2D eigenvalue weighted by atomic mass is 10.1. The topological polar surface area (TPSA) is 21.7 Å². The smallest absolute Gasteiger partial charge is 0.231 e. The zero-order chi connectivity index (χ0) is 13.6. The minimum Gasteiger partial charge on any atom is -0.454 e. The van der Waals surface area contributed by atoms with E-state index in [0.717, 1.165) is 17.9 Å². The first-order chi connectivity index (χ1) is 9.92. The Balaban J connectivity index is 1.33. The maximum Gasteiger partial charge on any atom is 0.231 e. The number of likely N-dealkylation sites (tertiary alicyclic amines) is 1. The van der Waals surface area contributed by atoms with E-state index in [-0.39, 0.29) is 0 Å². The van der Waals surface area contributed by atoms with E-state index < -0.39 is 0 Å². The summed E-state index contributed by atoms with van der Waals surface area (Å²) >= 11 is 0. The van der Waals surface area contributed by atoms with Crippen molar-refractivity contribution < 1.29 is 9.47 Å². The van der Waals surface area contributed by atoms with Crippen molar-refractivity contribution in [2.75, 3.05) is 26.4 Å². The van der Waals surface area contributed by atoms with Gasteiger partial charge in [-0.3, -0.25) is 0 Å². The first-order valence-corrected chi connectivity index (χ1v) is 8.03. The fourth-order valence-corrected chi connectivity index (χ4v) is 3.12. The Morgan fingerprint density at radius 2 is 1.75 bits per heavy atom. The van der Waals surface area contributed by atoms with Crippen molar-refractivity contribution in [3.63, 3.8) is 0 Å². The van der Waals surface area contributed by atoms with Gasteiger partial charge in [-0.25, -0.2) is 0 Å². The molecule has 0 N–H and O–H groups in total. The Hall–Kier alpha value is -1.22. The summed E-state index contributed by atoms with van der Waals surface area (Å²) in [6, 6.07) is 6.33. The zero-order valence-corrected chi connectivity index (χ0v) is 12.3. The summed E-state index contributed by atoms with van der Waals surface area (Å²) in [5.74, 6) is 1.80. The van der Waals surface area contributed by atoms with E-state index in [4.69, 9.17) is 9.47 Å². The van der Waals surface area contributed by atoms with Gasteiger partial charge in [0, 0.05) is 0 Å². The van der Waals surface area contributed by atoms with Crippen molar-refractivity contribution >= 4 is 0 Å². The summed E-state index contributed by atoms with van der Waals surface area (Å²) in [6.07, 6.45) is 9.31. The molecule has 1 aromatic rings. The van der Waals surface area contributed by atoms with Crippen LogP contribution in [-0.4, -0.2) is 31.3 Å². The van der Waals surface area contributed by atoms with E-state index in [9.17, 15) is 0 Å². The number of benzene rings is 1. The molecule has 1 saturated heterocycles. The van der Waals surface area contributed by atoms with Crippen molar-refractivity contribution in [2.24, 2.45) is 0 Å². The molecule has 3 heteroatoms. The number of piperidine rings is 1. The molecule has 0 radical (unpaired) electrons. The number of fused-ring (bicyclic) bond motifs is 1. The second-order valence-corrected chi connectivity index (χ2v) is 5.90. The van der Waals surface area contributed by atoms with Gasteiger partial charge in [0.15, 0.2) is 11.5 Å². The highest BCUT2D eigenvalue weighted by Gasteiger charge is 2.13. The highest BCUT2D eigenvalue weighted by Crippen LogP contribution is 2.32. The molecule has 0 saturated carbocycles. The number of rotatable bonds is 6. The van der Waals surface area contributed by atoms with Crippen LogP contribution < -0.4 is 9.47 Å². The maximum absolute atomic E-state index is 5.42. The Morgan fingerprint density at radius 1 is 0.900 bits per heavy atom. The third-order valence-corrected chi connectivity index (χ3v) is 4.33. The largest absolute Gasteiger partial charge is 0.454 e. The van der Waals surface area contributed by atoms with Crippen LogP contribution in [0.5, 0.6) is 11.5 Å². The molecule has 3 rings (SSSR count). The molecular weight excluding hydrogens is 250 g/mol. The van der Waals surface area contributed by atoms with Gasteiger partial charge in [-0.1, -0.05) is 18.9 Å². The lowest BCUT2D eigenvalue weighted by Gasteiger charge is -2.26. The molecule has 0 amide bonds. The number of unbranched alkanes of at least 4 members (excludes halogenated alkanes) is 2. The van der Waals surface area contributed by atoms with Crippen LogP contribution >= 0.6 is 0 Å². The van der Waals surface area contributed by atoms with Crippen LogP contribution in [0, 0.1) is 0 Å². The number of hydrogen-bond acceptors (Lipinski definition) is 3. The average Bonchev–Trinajstić information content (AvgIpc) is 2.95. The fraction of sp³-hybridized carbons (Fsp3) is 0.647. The molecule has 110 valence electrons. The first-order valence-electron chi connectivity index (χ1n) is 8.03. The van der Waals surface area contributed by atoms with Crippen LogP contribution in [0.1, 0.15) is 44.1 Å². The molecule has 1 fully saturated rings. The lowest BCUT2D eigenvalue weighted by molar-refractivity contribution is 0.174. The van der Waals surface area contributed by atoms with Gasteiger partial charge in [0.25, 0.3) is 0 Å². The maximum atomic E-state index is 5.42. The molecule has 3 nitrogen and oxygen atoms in total. The molecule has 2 heterocycles. The van der Waals surface area contributed by atoms with Gasteiger partial charge in [0.1, 0.15) is 0 Å². The van der Waals surface area contributed by atoms with E-state index in [0.29, 0.717) is 6.79 Å². The number of hydrogen-bond donors (Lipinski definition) is 0. The van der Waals surface area contributed by atoms with Gasteiger partial charge in [-0.15, -0.1) is 0 Å². The molecule has 0 spiro atoms. The minimum atomic E-state index is 0.370. The molecule has 0 aliphatic carbocycles. The van der Waals surface area contributed by atoms with Crippen LogP contribution in [0.3, 0.4) is 0 Å². The third kappa shape index (κ3) is 3.66. The number of nitrogens with zero attached hydrogens (tertiary/aromatic N) is 1. The zero-order valence-electron chi connectivity index (χ0n) is 12.3. The number of ether oxygens (including phenoxy) is 2. The summed E-state index contributed by atoms with van der Waals surface area (Å²) in [6.45, 7) is 4.31. The predicted molar refractivity (Wildman–Crippen MR) is 80.4 cm³/mol. The molecule has 1 aromatic carbocycles. The van der Waals surface area contributed by atoms with Crippen molar-refractivity contribution in [1.29, 1.82) is 0 Å². The summed E-state index contributed by atoms with van der Waals surface area (Å²) in [5.41, 5.74) is 1.37. The Kier molecular flexibility index (Phi) is 4.80. The standard InChI is InChI=1S/C17H25NO2/c1(4-10-18-11-5-2-6-12-18)3-7-15-8-9-16-17(13-15)20-14-19-16/h8-9,13H,1-7,10-12,14H2. The Labute approximate surface area is 121 Å². The van der Waals surface area contributed by atoms with Gasteiger partial charge < -0.3 is 14.4 Å². The number of aryl methyl sites for hydroxylation is 1. The lowest BCUT2D eigenvalue weighted by Crippen LogP contribution is -2.30. The van der Waals surface area contributed by atoms with Gasteiger partial charge in [0.2, 0.25) is 6.79 Å². The summed E-state index contributed by atoms with van der Waals surface area (Å²) in [5, 5.41) is 0. The molecule has 2 aliphatic rings. The quantitative estimate of drug-likeness (QED) is 0.740. The van der Waals surface area contributed by atoms with Crippen LogP contribution in [-0.2, 0) is 6.42 Å². The summed E-state index contributed by atoms with van der Waals surface area (Å²) in [4.78, 5) is 2.63. The van der Waals surface area contributed by atoms with Crippen molar-refractivity contribution in [1.82, 2.24) is 4.90 Å². The van der Waals surface area contributed by atoms with Gasteiger partial charge in [-0.05, 0) is 69.4 Å². The predicted octanol–water partition coefficient (Wildman–Crippen LogP) is 3.61. The average molecular weight is 275 g/mol. The van der Waals surface area contributed by atoms with Crippen molar-refractivity contribution in [3.05, 3.63) is 23.8 Å². The second-order valence-electron chi connectivity index (χ2n) is 5.90. The fourth-order valence-electron chi connectivity index (χ4n) is 3.12. The molecule has 0 atom stereocenters. The van der Waals surface area contributed by atoms with E-state index in [1.54, 1.807) is 0 Å². The van der Waals surface area contributed by atoms with E-state index >= 15 is 0 Å². The van der Waals surface area contributed by atoms with E-state index in [1.165, 1.54) is 63.7 Å². The molecule has 0 unspecified atom stereocenters. The summed E-state index contributed by atoms with van der Waals surface area (Å²) in [7, 11) is 0. The summed E-state index contributed by atoms with van der Waals surface area (Å²) < 4.78 is 10.8. The molecule has 2 aliphatic heterocycles. The Morgan fingerprint density at radius 3 is 2.65 bits per heavy atom. The molecule has 20 heavy (non-hydrogen) atoms. The van der Waals surface area contributed by atoms with Gasteiger partial charge in [-0.2, -0.15) is 0 Å². The van der Waals surface area contributed by atoms with E-state index in [2.05, 4.69) is 17.0 Å². The van der Waals surface area contributed by atoms with Gasteiger partial charge >= 0.3 is 0 Å². The third-order valence-electron chi connectivity index (χ3n) is 4.33. The first kappa shape index (κ1) is 13.7.